The van der Waals surface area contributed by atoms with Gasteiger partial charge in [-0.05, 0) is 33.3 Å². The number of alkyl halides is 3. The van der Waals surface area contributed by atoms with Gasteiger partial charge in [0.2, 0.25) is 0 Å². The molecular weight excluding hydrogens is 299 g/mol. The second kappa shape index (κ2) is 5.39. The Morgan fingerprint density at radius 3 is 1.82 bits per heavy atom. The average Bonchev–Trinajstić information content (AvgIpc) is 2.58. The van der Waals surface area contributed by atoms with E-state index >= 15 is 0 Å². The van der Waals surface area contributed by atoms with Crippen LogP contribution in [0.1, 0.15) is 33.3 Å². The van der Waals surface area contributed by atoms with E-state index in [1.807, 2.05) is 0 Å². The van der Waals surface area contributed by atoms with Crippen LogP contribution >= 0.6 is 0 Å². The van der Waals surface area contributed by atoms with Crippen molar-refractivity contribution in [1.82, 2.24) is 0 Å². The minimum atomic E-state index is -4.85. The van der Waals surface area contributed by atoms with Crippen LogP contribution in [0.2, 0.25) is 0 Å². The van der Waals surface area contributed by atoms with Crippen molar-refractivity contribution in [3.63, 3.8) is 0 Å². The summed E-state index contributed by atoms with van der Waals surface area (Å²) in [5.74, 6) is 0. The minimum Gasteiger partial charge on any atom is -0.398 e. The molecule has 7 heteroatoms. The van der Waals surface area contributed by atoms with E-state index in [1.165, 1.54) is 24.3 Å². The standard InChI is InChI=1S/C15H17BF4O2/c1-13(2)14(3,4)22-16(21-13)12(17)11(15(18,19)20)10-8-6-5-7-9-10/h5-9H,1-4H3. The van der Waals surface area contributed by atoms with Gasteiger partial charge in [0.05, 0.1) is 16.8 Å². The zero-order chi connectivity index (χ0) is 16.8. The van der Waals surface area contributed by atoms with Crippen molar-refractivity contribution in [3.05, 3.63) is 41.6 Å². The predicted molar refractivity (Wildman–Crippen MR) is 76.6 cm³/mol. The highest BCUT2D eigenvalue weighted by Gasteiger charge is 2.55. The first-order chi connectivity index (χ1) is 9.96. The van der Waals surface area contributed by atoms with Gasteiger partial charge in [-0.15, -0.1) is 0 Å². The van der Waals surface area contributed by atoms with E-state index in [2.05, 4.69) is 0 Å². The van der Waals surface area contributed by atoms with Crippen molar-refractivity contribution < 1.29 is 26.9 Å². The molecule has 22 heavy (non-hydrogen) atoms. The average molecular weight is 316 g/mol. The van der Waals surface area contributed by atoms with E-state index in [9.17, 15) is 17.6 Å². The van der Waals surface area contributed by atoms with Gasteiger partial charge in [-0.3, -0.25) is 0 Å². The Balaban J connectivity index is 2.49. The molecule has 2 rings (SSSR count). The number of hydrogen-bond donors (Lipinski definition) is 0. The summed E-state index contributed by atoms with van der Waals surface area (Å²) in [4.78, 5) is 0. The first-order valence-electron chi connectivity index (χ1n) is 6.83. The summed E-state index contributed by atoms with van der Waals surface area (Å²) in [6, 6.07) is 6.79. The fraction of sp³-hybridized carbons (Fsp3) is 0.467. The van der Waals surface area contributed by atoms with Crippen molar-refractivity contribution in [2.75, 3.05) is 0 Å². The third-order valence-electron chi connectivity index (χ3n) is 4.04. The van der Waals surface area contributed by atoms with Crippen LogP contribution in [0, 0.1) is 0 Å². The van der Waals surface area contributed by atoms with Crippen molar-refractivity contribution in [2.24, 2.45) is 0 Å². The van der Waals surface area contributed by atoms with Gasteiger partial charge in [0, 0.05) is 0 Å². The number of benzene rings is 1. The van der Waals surface area contributed by atoms with E-state index < -0.39 is 35.8 Å². The molecule has 1 aromatic carbocycles. The summed E-state index contributed by atoms with van der Waals surface area (Å²) in [5, 5.41) is 0. The highest BCUT2D eigenvalue weighted by Crippen LogP contribution is 2.43. The third-order valence-corrected chi connectivity index (χ3v) is 4.04. The van der Waals surface area contributed by atoms with E-state index in [0.717, 1.165) is 0 Å². The first-order valence-corrected chi connectivity index (χ1v) is 6.83. The smallest absolute Gasteiger partial charge is 0.398 e. The van der Waals surface area contributed by atoms with Crippen LogP contribution in [0.25, 0.3) is 5.57 Å². The fourth-order valence-electron chi connectivity index (χ4n) is 2.11. The molecule has 1 saturated heterocycles. The molecule has 0 radical (unpaired) electrons. The predicted octanol–water partition coefficient (Wildman–Crippen LogP) is 4.56. The highest BCUT2D eigenvalue weighted by atomic mass is 19.4. The van der Waals surface area contributed by atoms with Crippen molar-refractivity contribution in [1.29, 1.82) is 0 Å². The number of halogens is 4. The first kappa shape index (κ1) is 17.0. The van der Waals surface area contributed by atoms with E-state index in [0.29, 0.717) is 0 Å². The Morgan fingerprint density at radius 2 is 1.41 bits per heavy atom. The lowest BCUT2D eigenvalue weighted by atomic mass is 9.82. The zero-order valence-electron chi connectivity index (χ0n) is 12.8. The van der Waals surface area contributed by atoms with Gasteiger partial charge in [0.15, 0.2) is 0 Å². The summed E-state index contributed by atoms with van der Waals surface area (Å²) in [7, 11) is -1.68. The molecule has 0 aromatic heterocycles. The van der Waals surface area contributed by atoms with Crippen LogP contribution in [0.4, 0.5) is 17.6 Å². The molecule has 0 saturated carbocycles. The Labute approximate surface area is 127 Å². The summed E-state index contributed by atoms with van der Waals surface area (Å²) < 4.78 is 65.1. The lowest BCUT2D eigenvalue weighted by Gasteiger charge is -2.32. The highest BCUT2D eigenvalue weighted by molar-refractivity contribution is 6.55. The monoisotopic (exact) mass is 316 g/mol. The molecule has 1 aliphatic rings. The van der Waals surface area contributed by atoms with Gasteiger partial charge in [0.1, 0.15) is 5.73 Å². The maximum Gasteiger partial charge on any atom is 0.525 e. The summed E-state index contributed by atoms with van der Waals surface area (Å²) >= 11 is 0. The molecule has 0 aliphatic carbocycles. The molecule has 0 amide bonds. The van der Waals surface area contributed by atoms with E-state index in [1.54, 1.807) is 33.8 Å². The van der Waals surface area contributed by atoms with Crippen LogP contribution in [0.5, 0.6) is 0 Å². The van der Waals surface area contributed by atoms with Gasteiger partial charge in [-0.2, -0.15) is 13.2 Å². The SMILES string of the molecule is CC1(C)OB(C(F)=C(c2ccccc2)C(F)(F)F)OC1(C)C. The van der Waals surface area contributed by atoms with Crippen LogP contribution in [0.3, 0.4) is 0 Å². The molecule has 0 spiro atoms. The van der Waals surface area contributed by atoms with Gasteiger partial charge in [0.25, 0.3) is 0 Å². The lowest BCUT2D eigenvalue weighted by Crippen LogP contribution is -2.41. The van der Waals surface area contributed by atoms with Crippen LogP contribution in [-0.2, 0) is 9.31 Å². The van der Waals surface area contributed by atoms with Gasteiger partial charge in [-0.25, -0.2) is 4.39 Å². The van der Waals surface area contributed by atoms with E-state index in [4.69, 9.17) is 9.31 Å². The molecule has 1 aromatic rings. The molecular formula is C15H17BF4O2. The second-order valence-corrected chi connectivity index (χ2v) is 6.17. The molecule has 0 N–H and O–H groups in total. The topological polar surface area (TPSA) is 18.5 Å². The molecule has 120 valence electrons. The lowest BCUT2D eigenvalue weighted by molar-refractivity contribution is -0.0699. The number of hydrogen-bond acceptors (Lipinski definition) is 2. The molecule has 1 heterocycles. The maximum absolute atomic E-state index is 14.6. The molecule has 2 nitrogen and oxygen atoms in total. The number of allylic oxidation sites excluding steroid dienone is 1. The number of rotatable bonds is 2. The normalized spacial score (nSPS) is 21.7. The Bertz CT molecular complexity index is 563. The van der Waals surface area contributed by atoms with Gasteiger partial charge in [-0.1, -0.05) is 30.3 Å². The van der Waals surface area contributed by atoms with Crippen LogP contribution in [-0.4, -0.2) is 24.5 Å². The van der Waals surface area contributed by atoms with E-state index in [-0.39, 0.29) is 5.56 Å². The summed E-state index contributed by atoms with van der Waals surface area (Å²) in [6.07, 6.45) is -4.85. The quantitative estimate of drug-likeness (QED) is 0.588. The Kier molecular flexibility index (Phi) is 4.17. The summed E-state index contributed by atoms with van der Waals surface area (Å²) in [5.41, 5.74) is -4.92. The van der Waals surface area contributed by atoms with Crippen molar-refractivity contribution in [2.45, 2.75) is 45.1 Å². The van der Waals surface area contributed by atoms with Crippen molar-refractivity contribution >= 4 is 12.7 Å². The Morgan fingerprint density at radius 1 is 0.955 bits per heavy atom. The van der Waals surface area contributed by atoms with Crippen LogP contribution in [0.15, 0.2) is 36.1 Å². The Hall–Kier alpha value is -1.34. The zero-order valence-corrected chi connectivity index (χ0v) is 12.8. The molecule has 0 bridgehead atoms. The largest absolute Gasteiger partial charge is 0.525 e. The summed E-state index contributed by atoms with van der Waals surface area (Å²) in [6.45, 7) is 6.60. The minimum absolute atomic E-state index is 0.262. The van der Waals surface area contributed by atoms with Crippen molar-refractivity contribution in [3.8, 4) is 0 Å². The second-order valence-electron chi connectivity index (χ2n) is 6.17. The molecule has 0 atom stereocenters. The van der Waals surface area contributed by atoms with Gasteiger partial charge >= 0.3 is 13.3 Å². The third kappa shape index (κ3) is 3.05. The molecule has 0 unspecified atom stereocenters. The fourth-order valence-corrected chi connectivity index (χ4v) is 2.11. The molecule has 1 fully saturated rings. The maximum atomic E-state index is 14.6. The van der Waals surface area contributed by atoms with Crippen LogP contribution < -0.4 is 0 Å². The van der Waals surface area contributed by atoms with Gasteiger partial charge < -0.3 is 9.31 Å². The molecule has 1 aliphatic heterocycles.